The number of carbonyl (C=O) groups is 1. The van der Waals surface area contributed by atoms with Crippen LogP contribution in [0.15, 0.2) is 71.1 Å². The Morgan fingerprint density at radius 2 is 1.81 bits per heavy atom. The van der Waals surface area contributed by atoms with Gasteiger partial charge in [-0.25, -0.2) is 8.42 Å². The minimum atomic E-state index is -3.77. The van der Waals surface area contributed by atoms with Crippen molar-refractivity contribution >= 4 is 15.9 Å². The highest BCUT2D eigenvalue weighted by Gasteiger charge is 2.30. The first kappa shape index (κ1) is 24.0. The van der Waals surface area contributed by atoms with Gasteiger partial charge in [-0.2, -0.15) is 4.31 Å². The average Bonchev–Trinajstić information content (AvgIpc) is 2.83. The second-order valence-electron chi connectivity index (χ2n) is 8.04. The Hall–Kier alpha value is -2.64. The summed E-state index contributed by atoms with van der Waals surface area (Å²) < 4.78 is 33.0. The maximum Gasteiger partial charge on any atom is 0.243 e. The lowest BCUT2D eigenvalue weighted by Gasteiger charge is -2.28. The largest absolute Gasteiger partial charge is 0.497 e. The van der Waals surface area contributed by atoms with E-state index in [9.17, 15) is 13.2 Å². The molecule has 172 valence electrons. The summed E-state index contributed by atoms with van der Waals surface area (Å²) in [5.74, 6) is 0.503. The van der Waals surface area contributed by atoms with Gasteiger partial charge in [0.1, 0.15) is 5.75 Å². The monoisotopic (exact) mass is 456 g/mol. The number of rotatable bonds is 10. The van der Waals surface area contributed by atoms with Crippen LogP contribution in [0.4, 0.5) is 0 Å². The van der Waals surface area contributed by atoms with Crippen LogP contribution in [0, 0.1) is 0 Å². The van der Waals surface area contributed by atoms with Crippen LogP contribution in [0.1, 0.15) is 50.1 Å². The molecule has 1 amide bonds. The molecule has 0 aromatic heterocycles. The Kier molecular flexibility index (Phi) is 8.47. The summed E-state index contributed by atoms with van der Waals surface area (Å²) >= 11 is 0. The Balaban J connectivity index is 1.75. The first-order valence-electron chi connectivity index (χ1n) is 11.0. The predicted molar refractivity (Wildman–Crippen MR) is 126 cm³/mol. The van der Waals surface area contributed by atoms with Gasteiger partial charge in [-0.05, 0) is 61.9 Å². The van der Waals surface area contributed by atoms with Crippen LogP contribution in [0.3, 0.4) is 0 Å². The maximum absolute atomic E-state index is 13.2. The number of methoxy groups -OCH3 is 1. The molecule has 1 atom stereocenters. The zero-order valence-electron chi connectivity index (χ0n) is 18.8. The number of hydrogen-bond donors (Lipinski definition) is 1. The molecule has 1 N–H and O–H groups in total. The number of nitrogens with one attached hydrogen (secondary N) is 1. The molecule has 0 aliphatic heterocycles. The fraction of sp³-hybridized carbons (Fsp3) is 0.400. The van der Waals surface area contributed by atoms with Gasteiger partial charge in [0.05, 0.1) is 18.0 Å². The highest BCUT2D eigenvalue weighted by molar-refractivity contribution is 7.89. The molecule has 2 aromatic carbocycles. The third kappa shape index (κ3) is 6.20. The molecule has 0 unspecified atom stereocenters. The predicted octanol–water partition coefficient (Wildman–Crippen LogP) is 4.45. The molecular formula is C25H32N2O4S. The van der Waals surface area contributed by atoms with Crippen LogP contribution < -0.4 is 10.1 Å². The van der Waals surface area contributed by atoms with Gasteiger partial charge in [-0.3, -0.25) is 4.79 Å². The van der Waals surface area contributed by atoms with Crippen LogP contribution in [0.2, 0.25) is 0 Å². The zero-order chi connectivity index (χ0) is 23.0. The van der Waals surface area contributed by atoms with Crippen LogP contribution >= 0.6 is 0 Å². The molecule has 7 heteroatoms. The highest BCUT2D eigenvalue weighted by atomic mass is 32.2. The van der Waals surface area contributed by atoms with E-state index in [0.29, 0.717) is 12.3 Å². The summed E-state index contributed by atoms with van der Waals surface area (Å²) in [5, 5.41) is 2.97. The van der Waals surface area contributed by atoms with Crippen molar-refractivity contribution in [2.45, 2.75) is 49.5 Å². The fourth-order valence-corrected chi connectivity index (χ4v) is 5.32. The van der Waals surface area contributed by atoms with Gasteiger partial charge in [0.25, 0.3) is 0 Å². The molecule has 1 aliphatic carbocycles. The van der Waals surface area contributed by atoms with E-state index in [-0.39, 0.29) is 17.2 Å². The van der Waals surface area contributed by atoms with Crippen molar-refractivity contribution in [3.8, 4) is 5.75 Å². The summed E-state index contributed by atoms with van der Waals surface area (Å²) in [6, 6.07) is 14.8. The summed E-state index contributed by atoms with van der Waals surface area (Å²) in [6.07, 6.45) is 7.82. The molecular weight excluding hydrogens is 424 g/mol. The molecule has 2 aromatic rings. The number of allylic oxidation sites excluding steroid dienone is 1. The molecule has 3 rings (SSSR count). The number of amides is 1. The maximum atomic E-state index is 13.2. The molecule has 0 bridgehead atoms. The van der Waals surface area contributed by atoms with Gasteiger partial charge in [-0.1, -0.05) is 42.0 Å². The third-order valence-electron chi connectivity index (χ3n) is 5.89. The zero-order valence-corrected chi connectivity index (χ0v) is 19.6. The average molecular weight is 457 g/mol. The second kappa shape index (κ2) is 11.3. The molecule has 0 saturated carbocycles. The number of carbonyl (C=O) groups excluding carboxylic acids is 1. The van der Waals surface area contributed by atoms with Crippen LogP contribution in [0.5, 0.6) is 5.75 Å². The van der Waals surface area contributed by atoms with E-state index in [4.69, 9.17) is 4.74 Å². The van der Waals surface area contributed by atoms with E-state index in [1.807, 2.05) is 0 Å². The first-order chi connectivity index (χ1) is 15.4. The normalized spacial score (nSPS) is 15.2. The lowest BCUT2D eigenvalue weighted by molar-refractivity contribution is -0.121. The summed E-state index contributed by atoms with van der Waals surface area (Å²) in [4.78, 5) is 13.0. The van der Waals surface area contributed by atoms with Crippen molar-refractivity contribution in [2.24, 2.45) is 0 Å². The van der Waals surface area contributed by atoms with Crippen LogP contribution in [-0.4, -0.2) is 39.3 Å². The standard InChI is InChI=1S/C25H32N2O4S/c1-27(32(29,30)23-11-7-4-8-12-23)24(21-13-15-22(31-2)16-14-21)19-25(28)26-18-17-20-9-5-3-6-10-20/h4,7-9,11-16,24H,3,5-6,10,17-19H2,1-2H3,(H,26,28)/t24-/m1/s1. The van der Waals surface area contributed by atoms with E-state index in [0.717, 1.165) is 24.8 Å². The fourth-order valence-electron chi connectivity index (χ4n) is 3.95. The van der Waals surface area contributed by atoms with E-state index in [1.54, 1.807) is 61.7 Å². The minimum Gasteiger partial charge on any atom is -0.497 e. The Labute approximate surface area is 191 Å². The van der Waals surface area contributed by atoms with Gasteiger partial charge >= 0.3 is 0 Å². The number of benzene rings is 2. The molecule has 32 heavy (non-hydrogen) atoms. The van der Waals surface area contributed by atoms with Gasteiger partial charge < -0.3 is 10.1 Å². The summed E-state index contributed by atoms with van der Waals surface area (Å²) in [5.41, 5.74) is 2.13. The minimum absolute atomic E-state index is 0.0357. The van der Waals surface area contributed by atoms with Crippen molar-refractivity contribution in [3.63, 3.8) is 0 Å². The van der Waals surface area contributed by atoms with Crippen LogP contribution in [0.25, 0.3) is 0 Å². The highest BCUT2D eigenvalue weighted by Crippen LogP contribution is 2.30. The summed E-state index contributed by atoms with van der Waals surface area (Å²) in [6.45, 7) is 0.565. The van der Waals surface area contributed by atoms with Crippen molar-refractivity contribution in [1.82, 2.24) is 9.62 Å². The van der Waals surface area contributed by atoms with Crippen molar-refractivity contribution in [3.05, 3.63) is 71.8 Å². The van der Waals surface area contributed by atoms with E-state index >= 15 is 0 Å². The van der Waals surface area contributed by atoms with Gasteiger partial charge in [-0.15, -0.1) is 0 Å². The number of hydrogen-bond acceptors (Lipinski definition) is 4. The molecule has 0 saturated heterocycles. The molecule has 0 fully saturated rings. The lowest BCUT2D eigenvalue weighted by Crippen LogP contribution is -2.35. The van der Waals surface area contributed by atoms with Crippen molar-refractivity contribution in [2.75, 3.05) is 20.7 Å². The Bertz CT molecular complexity index is 1020. The quantitative estimate of drug-likeness (QED) is 0.536. The molecule has 6 nitrogen and oxygen atoms in total. The molecule has 0 heterocycles. The number of sulfonamides is 1. The van der Waals surface area contributed by atoms with E-state index in [1.165, 1.54) is 29.8 Å². The third-order valence-corrected chi connectivity index (χ3v) is 7.77. The molecule has 1 aliphatic rings. The van der Waals surface area contributed by atoms with E-state index in [2.05, 4.69) is 11.4 Å². The van der Waals surface area contributed by atoms with Gasteiger partial charge in [0, 0.05) is 20.0 Å². The van der Waals surface area contributed by atoms with Crippen molar-refractivity contribution in [1.29, 1.82) is 0 Å². The topological polar surface area (TPSA) is 75.7 Å². The SMILES string of the molecule is COc1ccc([C@@H](CC(=O)NCCC2=CCCCC2)N(C)S(=O)(=O)c2ccccc2)cc1. The first-order valence-corrected chi connectivity index (χ1v) is 12.5. The Morgan fingerprint density at radius 3 is 2.44 bits per heavy atom. The molecule has 0 spiro atoms. The smallest absolute Gasteiger partial charge is 0.243 e. The van der Waals surface area contributed by atoms with Crippen LogP contribution in [-0.2, 0) is 14.8 Å². The number of nitrogens with zero attached hydrogens (tertiary/aromatic N) is 1. The number of ether oxygens (including phenoxy) is 1. The van der Waals surface area contributed by atoms with E-state index < -0.39 is 16.1 Å². The lowest BCUT2D eigenvalue weighted by atomic mass is 9.97. The molecule has 0 radical (unpaired) electrons. The summed E-state index contributed by atoms with van der Waals surface area (Å²) in [7, 11) is -0.670. The van der Waals surface area contributed by atoms with Gasteiger partial charge in [0.2, 0.25) is 15.9 Å². The second-order valence-corrected chi connectivity index (χ2v) is 10.0. The Morgan fingerprint density at radius 1 is 1.09 bits per heavy atom. The van der Waals surface area contributed by atoms with Gasteiger partial charge in [0.15, 0.2) is 0 Å². The van der Waals surface area contributed by atoms with Crippen molar-refractivity contribution < 1.29 is 17.9 Å².